The van der Waals surface area contributed by atoms with E-state index in [0.29, 0.717) is 6.54 Å². The molecule has 0 N–H and O–H groups in total. The number of rotatable bonds is 2. The van der Waals surface area contributed by atoms with E-state index in [4.69, 9.17) is 4.11 Å². The molecular weight excluding hydrogens is 110 g/mol. The number of hydrogen-bond donors (Lipinski definition) is 0. The molecule has 0 saturated carbocycles. The monoisotopic (exact) mass is 132 g/mol. The first-order chi connectivity index (χ1) is 5.13. The summed E-state index contributed by atoms with van der Waals surface area (Å²) in [6, 6.07) is 0. The minimum absolute atomic E-state index is 0.208. The van der Waals surface area contributed by atoms with Gasteiger partial charge in [-0.15, -0.1) is 0 Å². The fraction of sp³-hybridized carbons (Fsp3) is 1.00. The average molecular weight is 132 g/mol. The molecule has 0 heterocycles. The molecule has 0 aromatic carbocycles. The molecule has 9 heavy (non-hydrogen) atoms. The highest BCUT2D eigenvalue weighted by Gasteiger charge is 2.08. The van der Waals surface area contributed by atoms with E-state index in [-0.39, 0.29) is 5.41 Å². The van der Waals surface area contributed by atoms with Crippen molar-refractivity contribution >= 4 is 0 Å². The molecule has 0 atom stereocenters. The predicted molar refractivity (Wildman–Crippen MR) is 42.6 cm³/mol. The van der Waals surface area contributed by atoms with E-state index in [0.717, 1.165) is 6.42 Å². The van der Waals surface area contributed by atoms with Gasteiger partial charge in [0.25, 0.3) is 0 Å². The number of nitrogens with zero attached hydrogens (tertiary/aromatic N) is 1. The van der Waals surface area contributed by atoms with Crippen molar-refractivity contribution in [2.75, 3.05) is 20.6 Å². The largest absolute Gasteiger partial charge is 0.309 e. The molecule has 0 amide bonds. The topological polar surface area (TPSA) is 3.24 Å². The van der Waals surface area contributed by atoms with Gasteiger partial charge in [0, 0.05) is 4.11 Å². The van der Waals surface area contributed by atoms with Crippen LogP contribution in [0.1, 0.15) is 31.3 Å². The van der Waals surface area contributed by atoms with Crippen LogP contribution in [0.3, 0.4) is 0 Å². The first-order valence-electron chi connectivity index (χ1n) is 4.84. The molecule has 0 aliphatic heterocycles. The minimum Gasteiger partial charge on any atom is -0.309 e. The average Bonchev–Trinajstić information content (AvgIpc) is 1.78. The Morgan fingerprint density at radius 2 is 2.00 bits per heavy atom. The summed E-state index contributed by atoms with van der Waals surface area (Å²) in [5, 5.41) is 0. The Morgan fingerprint density at radius 3 is 2.33 bits per heavy atom. The lowest BCUT2D eigenvalue weighted by atomic mass is 9.92. The van der Waals surface area contributed by atoms with Gasteiger partial charge in [0.15, 0.2) is 0 Å². The van der Waals surface area contributed by atoms with E-state index in [2.05, 4.69) is 20.8 Å². The van der Waals surface area contributed by atoms with Gasteiger partial charge in [-0.3, -0.25) is 0 Å². The zero-order valence-corrected chi connectivity index (χ0v) is 6.86. The summed E-state index contributed by atoms with van der Waals surface area (Å²) in [7, 11) is 1.64. The van der Waals surface area contributed by atoms with Crippen molar-refractivity contribution in [3.8, 4) is 0 Å². The van der Waals surface area contributed by atoms with E-state index >= 15 is 0 Å². The quantitative estimate of drug-likeness (QED) is 0.555. The molecule has 56 valence electrons. The summed E-state index contributed by atoms with van der Waals surface area (Å²) in [5.41, 5.74) is 0.208. The van der Waals surface area contributed by atoms with E-state index in [9.17, 15) is 0 Å². The molecule has 1 nitrogen and oxygen atoms in total. The zero-order chi connectivity index (χ0) is 9.99. The summed E-state index contributed by atoms with van der Waals surface area (Å²) in [4.78, 5) is 1.41. The minimum atomic E-state index is -1.94. The first kappa shape index (κ1) is 4.73. The Kier molecular flexibility index (Phi) is 1.69. The lowest BCUT2D eigenvalue weighted by Gasteiger charge is -2.20. The molecular formula is C8H19N. The predicted octanol–water partition coefficient (Wildman–Crippen LogP) is 1.98. The highest BCUT2D eigenvalue weighted by Crippen LogP contribution is 2.17. The SMILES string of the molecule is [2H]C([2H])([2H])N(C)CCC(C)(C)C. The summed E-state index contributed by atoms with van der Waals surface area (Å²) in [5.74, 6) is 0. The third-order valence-corrected chi connectivity index (χ3v) is 1.20. The second kappa shape index (κ2) is 3.21. The molecule has 0 radical (unpaired) electrons. The van der Waals surface area contributed by atoms with Gasteiger partial charge in [-0.1, -0.05) is 20.8 Å². The van der Waals surface area contributed by atoms with Crippen LogP contribution >= 0.6 is 0 Å². The fourth-order valence-corrected chi connectivity index (χ4v) is 0.503. The van der Waals surface area contributed by atoms with E-state index in [1.807, 2.05) is 0 Å². The molecule has 0 aliphatic rings. The van der Waals surface area contributed by atoms with Crippen LogP contribution in [0.4, 0.5) is 0 Å². The first-order valence-corrected chi connectivity index (χ1v) is 3.34. The van der Waals surface area contributed by atoms with Gasteiger partial charge in [0.1, 0.15) is 0 Å². The maximum absolute atomic E-state index is 7.10. The second-order valence-electron chi connectivity index (χ2n) is 3.73. The van der Waals surface area contributed by atoms with Gasteiger partial charge < -0.3 is 4.90 Å². The fourth-order valence-electron chi connectivity index (χ4n) is 0.503. The maximum atomic E-state index is 7.10. The van der Waals surface area contributed by atoms with Gasteiger partial charge >= 0.3 is 0 Å². The van der Waals surface area contributed by atoms with E-state index in [1.165, 1.54) is 4.90 Å². The van der Waals surface area contributed by atoms with Crippen LogP contribution in [0.15, 0.2) is 0 Å². The highest BCUT2D eigenvalue weighted by atomic mass is 15.0. The lowest BCUT2D eigenvalue weighted by molar-refractivity contribution is 0.297. The van der Waals surface area contributed by atoms with E-state index < -0.39 is 6.98 Å². The third kappa shape index (κ3) is 7.96. The maximum Gasteiger partial charge on any atom is 0.0394 e. The molecule has 0 rings (SSSR count). The Hall–Kier alpha value is -0.0400. The van der Waals surface area contributed by atoms with Crippen molar-refractivity contribution in [3.63, 3.8) is 0 Å². The van der Waals surface area contributed by atoms with Gasteiger partial charge in [-0.2, -0.15) is 0 Å². The summed E-state index contributed by atoms with van der Waals surface area (Å²) in [6.07, 6.45) is 0.905. The Balaban J connectivity index is 3.80. The summed E-state index contributed by atoms with van der Waals surface area (Å²) >= 11 is 0. The van der Waals surface area contributed by atoms with Crippen LogP contribution in [-0.2, 0) is 0 Å². The smallest absolute Gasteiger partial charge is 0.0394 e. The third-order valence-electron chi connectivity index (χ3n) is 1.20. The van der Waals surface area contributed by atoms with Gasteiger partial charge in [-0.25, -0.2) is 0 Å². The summed E-state index contributed by atoms with van der Waals surface area (Å²) in [6.45, 7) is 5.02. The van der Waals surface area contributed by atoms with Gasteiger partial charge in [0.05, 0.1) is 0 Å². The molecule has 0 aromatic heterocycles. The van der Waals surface area contributed by atoms with Gasteiger partial charge in [0.2, 0.25) is 0 Å². The van der Waals surface area contributed by atoms with Crippen LogP contribution in [-0.4, -0.2) is 25.5 Å². The summed E-state index contributed by atoms with van der Waals surface area (Å²) < 4.78 is 21.3. The van der Waals surface area contributed by atoms with Crippen molar-refractivity contribution in [3.05, 3.63) is 0 Å². The van der Waals surface area contributed by atoms with Crippen molar-refractivity contribution < 1.29 is 4.11 Å². The van der Waals surface area contributed by atoms with Crippen molar-refractivity contribution in [2.45, 2.75) is 27.2 Å². The van der Waals surface area contributed by atoms with E-state index in [1.54, 1.807) is 7.05 Å². The highest BCUT2D eigenvalue weighted by molar-refractivity contribution is 4.62. The molecule has 0 spiro atoms. The molecule has 0 aromatic rings. The zero-order valence-electron chi connectivity index (χ0n) is 9.86. The van der Waals surface area contributed by atoms with Crippen molar-refractivity contribution in [1.82, 2.24) is 4.90 Å². The van der Waals surface area contributed by atoms with Crippen LogP contribution in [0.2, 0.25) is 0 Å². The molecule has 0 fully saturated rings. The van der Waals surface area contributed by atoms with Crippen LogP contribution in [0.5, 0.6) is 0 Å². The second-order valence-corrected chi connectivity index (χ2v) is 3.73. The van der Waals surface area contributed by atoms with Crippen LogP contribution in [0, 0.1) is 5.41 Å². The Labute approximate surface area is 63.3 Å². The van der Waals surface area contributed by atoms with Crippen LogP contribution in [0.25, 0.3) is 0 Å². The normalized spacial score (nSPS) is 19.0. The Morgan fingerprint density at radius 1 is 1.44 bits per heavy atom. The molecule has 0 saturated heterocycles. The Bertz CT molecular complexity index is 134. The molecule has 0 aliphatic carbocycles. The molecule has 0 unspecified atom stereocenters. The standard InChI is InChI=1S/C8H19N/c1-8(2,3)6-7-9(4)5/h6-7H2,1-5H3/i4D3. The van der Waals surface area contributed by atoms with Crippen molar-refractivity contribution in [1.29, 1.82) is 0 Å². The van der Waals surface area contributed by atoms with Gasteiger partial charge in [-0.05, 0) is 32.4 Å². The lowest BCUT2D eigenvalue weighted by Crippen LogP contribution is -2.19. The molecule has 1 heteroatoms. The van der Waals surface area contributed by atoms with Crippen LogP contribution < -0.4 is 0 Å². The molecule has 0 bridgehead atoms. The number of hydrogen-bond acceptors (Lipinski definition) is 1. The van der Waals surface area contributed by atoms with Crippen molar-refractivity contribution in [2.24, 2.45) is 5.41 Å².